The molecule has 1 fully saturated rings. The van der Waals surface area contributed by atoms with Gasteiger partial charge >= 0.3 is 0 Å². The SMILES string of the molecule is Nc1cncc(-c2nc(C3CCCO3)no2)c1. The van der Waals surface area contributed by atoms with Crippen molar-refractivity contribution in [3.63, 3.8) is 0 Å². The van der Waals surface area contributed by atoms with Gasteiger partial charge in [-0.2, -0.15) is 4.98 Å². The second-order valence-corrected chi connectivity index (χ2v) is 3.97. The van der Waals surface area contributed by atoms with E-state index in [1.165, 1.54) is 0 Å². The maximum absolute atomic E-state index is 5.65. The Morgan fingerprint density at radius 3 is 3.06 bits per heavy atom. The molecular formula is C11H12N4O2. The number of hydrogen-bond acceptors (Lipinski definition) is 6. The predicted molar refractivity (Wildman–Crippen MR) is 59.9 cm³/mol. The van der Waals surface area contributed by atoms with E-state index in [9.17, 15) is 0 Å². The Bertz CT molecular complexity index is 520. The minimum atomic E-state index is -0.0403. The molecule has 1 aliphatic rings. The van der Waals surface area contributed by atoms with Crippen LogP contribution in [0.15, 0.2) is 23.0 Å². The second-order valence-electron chi connectivity index (χ2n) is 3.97. The van der Waals surface area contributed by atoms with Crippen LogP contribution in [0.5, 0.6) is 0 Å². The zero-order valence-electron chi connectivity index (χ0n) is 9.17. The Morgan fingerprint density at radius 2 is 2.29 bits per heavy atom. The van der Waals surface area contributed by atoms with Gasteiger partial charge in [-0.1, -0.05) is 5.16 Å². The molecule has 1 aliphatic heterocycles. The minimum Gasteiger partial charge on any atom is -0.397 e. The first-order valence-corrected chi connectivity index (χ1v) is 5.49. The largest absolute Gasteiger partial charge is 0.397 e. The Labute approximate surface area is 97.8 Å². The summed E-state index contributed by atoms with van der Waals surface area (Å²) in [6.07, 6.45) is 5.15. The van der Waals surface area contributed by atoms with E-state index in [1.54, 1.807) is 18.5 Å². The molecule has 2 aromatic rings. The Morgan fingerprint density at radius 1 is 1.35 bits per heavy atom. The molecule has 0 amide bonds. The molecule has 3 heterocycles. The lowest BCUT2D eigenvalue weighted by molar-refractivity contribution is 0.103. The normalized spacial score (nSPS) is 19.6. The van der Waals surface area contributed by atoms with Crippen molar-refractivity contribution in [2.75, 3.05) is 12.3 Å². The van der Waals surface area contributed by atoms with E-state index in [4.69, 9.17) is 15.0 Å². The van der Waals surface area contributed by atoms with Gasteiger partial charge in [0.2, 0.25) is 5.82 Å². The molecule has 0 spiro atoms. The highest BCUT2D eigenvalue weighted by Crippen LogP contribution is 2.28. The fraction of sp³-hybridized carbons (Fsp3) is 0.364. The number of nitrogen functional groups attached to an aromatic ring is 1. The van der Waals surface area contributed by atoms with Crippen LogP contribution < -0.4 is 5.73 Å². The van der Waals surface area contributed by atoms with Crippen molar-refractivity contribution in [2.45, 2.75) is 18.9 Å². The van der Waals surface area contributed by atoms with Gasteiger partial charge in [-0.15, -0.1) is 0 Å². The van der Waals surface area contributed by atoms with E-state index in [0.717, 1.165) is 25.0 Å². The van der Waals surface area contributed by atoms with Crippen molar-refractivity contribution in [3.8, 4) is 11.5 Å². The number of nitrogens with zero attached hydrogens (tertiary/aromatic N) is 3. The molecule has 2 aromatic heterocycles. The Kier molecular flexibility index (Phi) is 2.49. The fourth-order valence-corrected chi connectivity index (χ4v) is 1.84. The molecule has 1 unspecified atom stereocenters. The van der Waals surface area contributed by atoms with E-state index in [-0.39, 0.29) is 6.10 Å². The summed E-state index contributed by atoms with van der Waals surface area (Å²) >= 11 is 0. The molecule has 0 radical (unpaired) electrons. The molecule has 1 saturated heterocycles. The molecular weight excluding hydrogens is 220 g/mol. The van der Waals surface area contributed by atoms with E-state index in [1.807, 2.05) is 0 Å². The predicted octanol–water partition coefficient (Wildman–Crippen LogP) is 1.57. The second kappa shape index (κ2) is 4.14. The molecule has 6 heteroatoms. The molecule has 6 nitrogen and oxygen atoms in total. The van der Waals surface area contributed by atoms with E-state index < -0.39 is 0 Å². The number of pyridine rings is 1. The first-order valence-electron chi connectivity index (χ1n) is 5.49. The third kappa shape index (κ3) is 1.99. The zero-order chi connectivity index (χ0) is 11.7. The van der Waals surface area contributed by atoms with Crippen LogP contribution in [0.25, 0.3) is 11.5 Å². The number of nitrogens with two attached hydrogens (primary N) is 1. The number of hydrogen-bond donors (Lipinski definition) is 1. The van der Waals surface area contributed by atoms with Crippen LogP contribution in [0.3, 0.4) is 0 Å². The summed E-state index contributed by atoms with van der Waals surface area (Å²) in [7, 11) is 0. The highest BCUT2D eigenvalue weighted by molar-refractivity contribution is 5.57. The van der Waals surface area contributed by atoms with Crippen LogP contribution >= 0.6 is 0 Å². The Hall–Kier alpha value is -1.95. The van der Waals surface area contributed by atoms with Crippen molar-refractivity contribution < 1.29 is 9.26 Å². The molecule has 1 atom stereocenters. The van der Waals surface area contributed by atoms with Gasteiger partial charge in [-0.3, -0.25) is 4.98 Å². The third-order valence-electron chi connectivity index (χ3n) is 2.67. The standard InChI is InChI=1S/C11H12N4O2/c12-8-4-7(5-13-6-8)11-14-10(15-17-11)9-2-1-3-16-9/h4-6,9H,1-3,12H2. The average molecular weight is 232 g/mol. The lowest BCUT2D eigenvalue weighted by Gasteiger charge is -2.00. The van der Waals surface area contributed by atoms with Gasteiger partial charge in [0, 0.05) is 19.0 Å². The Balaban J connectivity index is 1.89. The molecule has 0 saturated carbocycles. The number of anilines is 1. The number of ether oxygens (including phenoxy) is 1. The minimum absolute atomic E-state index is 0.0403. The highest BCUT2D eigenvalue weighted by atomic mass is 16.5. The lowest BCUT2D eigenvalue weighted by Crippen LogP contribution is -1.97. The highest BCUT2D eigenvalue weighted by Gasteiger charge is 2.23. The summed E-state index contributed by atoms with van der Waals surface area (Å²) in [4.78, 5) is 8.29. The van der Waals surface area contributed by atoms with Crippen molar-refractivity contribution in [2.24, 2.45) is 0 Å². The van der Waals surface area contributed by atoms with Crippen molar-refractivity contribution in [1.82, 2.24) is 15.1 Å². The average Bonchev–Trinajstić information content (AvgIpc) is 3.00. The monoisotopic (exact) mass is 232 g/mol. The maximum atomic E-state index is 5.65. The number of aromatic nitrogens is 3. The van der Waals surface area contributed by atoms with Gasteiger partial charge in [0.15, 0.2) is 0 Å². The maximum Gasteiger partial charge on any atom is 0.259 e. The number of rotatable bonds is 2. The van der Waals surface area contributed by atoms with Gasteiger partial charge in [0.1, 0.15) is 6.10 Å². The summed E-state index contributed by atoms with van der Waals surface area (Å²) in [6.45, 7) is 0.758. The lowest BCUT2D eigenvalue weighted by atomic mass is 10.2. The third-order valence-corrected chi connectivity index (χ3v) is 2.67. The summed E-state index contributed by atoms with van der Waals surface area (Å²) in [5.41, 5.74) is 6.94. The van der Waals surface area contributed by atoms with Crippen molar-refractivity contribution in [1.29, 1.82) is 0 Å². The molecule has 0 bridgehead atoms. The molecule has 88 valence electrons. The van der Waals surface area contributed by atoms with E-state index >= 15 is 0 Å². The smallest absolute Gasteiger partial charge is 0.259 e. The van der Waals surface area contributed by atoms with Gasteiger partial charge in [0.25, 0.3) is 5.89 Å². The van der Waals surface area contributed by atoms with Crippen LogP contribution in [0, 0.1) is 0 Å². The summed E-state index contributed by atoms with van der Waals surface area (Å²) in [6, 6.07) is 1.75. The van der Waals surface area contributed by atoms with E-state index in [0.29, 0.717) is 17.4 Å². The van der Waals surface area contributed by atoms with Gasteiger partial charge < -0.3 is 15.0 Å². The van der Waals surface area contributed by atoms with E-state index in [2.05, 4.69) is 15.1 Å². The first kappa shape index (κ1) is 10.2. The molecule has 3 rings (SSSR count). The van der Waals surface area contributed by atoms with Gasteiger partial charge in [-0.25, -0.2) is 0 Å². The van der Waals surface area contributed by atoms with Crippen molar-refractivity contribution >= 4 is 5.69 Å². The molecule has 0 aromatic carbocycles. The molecule has 2 N–H and O–H groups in total. The summed E-state index contributed by atoms with van der Waals surface area (Å²) in [5, 5.41) is 3.92. The van der Waals surface area contributed by atoms with Crippen LogP contribution in [0.4, 0.5) is 5.69 Å². The topological polar surface area (TPSA) is 87.1 Å². The van der Waals surface area contributed by atoms with Crippen molar-refractivity contribution in [3.05, 3.63) is 24.3 Å². The van der Waals surface area contributed by atoms with Gasteiger partial charge in [0.05, 0.1) is 11.3 Å². The quantitative estimate of drug-likeness (QED) is 0.845. The van der Waals surface area contributed by atoms with Crippen LogP contribution in [0.1, 0.15) is 24.8 Å². The van der Waals surface area contributed by atoms with Crippen LogP contribution in [-0.4, -0.2) is 21.7 Å². The molecule has 0 aliphatic carbocycles. The summed E-state index contributed by atoms with van der Waals surface area (Å²) < 4.78 is 10.7. The zero-order valence-corrected chi connectivity index (χ0v) is 9.17. The van der Waals surface area contributed by atoms with Gasteiger partial charge in [-0.05, 0) is 18.9 Å². The molecule has 17 heavy (non-hydrogen) atoms. The van der Waals surface area contributed by atoms with Crippen LogP contribution in [-0.2, 0) is 4.74 Å². The van der Waals surface area contributed by atoms with Crippen LogP contribution in [0.2, 0.25) is 0 Å². The fourth-order valence-electron chi connectivity index (χ4n) is 1.84. The first-order chi connectivity index (χ1) is 8.33. The summed E-state index contributed by atoms with van der Waals surface area (Å²) in [5.74, 6) is 1.02.